The molecule has 0 aliphatic rings. The van der Waals surface area contributed by atoms with Crippen LogP contribution in [0.1, 0.15) is 27.9 Å². The number of nitrogens with one attached hydrogen (secondary N) is 2. The molecule has 1 heterocycles. The number of rotatable bonds is 7. The third-order valence-electron chi connectivity index (χ3n) is 4.31. The van der Waals surface area contributed by atoms with E-state index in [1.807, 2.05) is 48.5 Å². The van der Waals surface area contributed by atoms with Gasteiger partial charge in [-0.05, 0) is 30.5 Å². The minimum atomic E-state index is -0.247. The van der Waals surface area contributed by atoms with Gasteiger partial charge < -0.3 is 11.1 Å². The summed E-state index contributed by atoms with van der Waals surface area (Å²) in [5.74, 6) is -0.0389. The molecule has 3 rings (SSSR count). The molecule has 0 saturated carbocycles. The van der Waals surface area contributed by atoms with E-state index >= 15 is 0 Å². The molecule has 1 amide bonds. The molecule has 0 spiro atoms. The standard InChI is InChI=1S/C21H21BrN4O2/c22-13-14-6-4-9-16(12-14)19(27)24-11-5-10-17-18(15-7-2-1-3-8-15)25-21(23)26-20(17)28/h1-4,6-9,12H,5,10-11,13H2,(H,24,27)(H3,23,25,26,28). The van der Waals surface area contributed by atoms with Crippen LogP contribution in [-0.2, 0) is 11.8 Å². The number of nitrogens with two attached hydrogens (primary N) is 1. The number of anilines is 1. The number of halogens is 1. The molecular formula is C21H21BrN4O2. The van der Waals surface area contributed by atoms with Gasteiger partial charge in [0, 0.05) is 28.6 Å². The summed E-state index contributed by atoms with van der Waals surface area (Å²) in [6, 6.07) is 16.9. The van der Waals surface area contributed by atoms with Gasteiger partial charge in [0.2, 0.25) is 5.95 Å². The summed E-state index contributed by atoms with van der Waals surface area (Å²) >= 11 is 3.39. The number of aromatic nitrogens is 2. The van der Waals surface area contributed by atoms with Crippen molar-refractivity contribution < 1.29 is 4.79 Å². The number of hydrogen-bond acceptors (Lipinski definition) is 4. The van der Waals surface area contributed by atoms with Gasteiger partial charge in [0.25, 0.3) is 11.5 Å². The van der Waals surface area contributed by atoms with E-state index < -0.39 is 0 Å². The fraction of sp³-hybridized carbons (Fsp3) is 0.190. The maximum absolute atomic E-state index is 12.4. The summed E-state index contributed by atoms with van der Waals surface area (Å²) in [4.78, 5) is 31.6. The fourth-order valence-electron chi connectivity index (χ4n) is 2.95. The minimum Gasteiger partial charge on any atom is -0.369 e. The molecule has 2 aromatic carbocycles. The third kappa shape index (κ3) is 4.86. The zero-order valence-corrected chi connectivity index (χ0v) is 16.8. The van der Waals surface area contributed by atoms with Crippen molar-refractivity contribution in [2.24, 2.45) is 0 Å². The number of aromatic amines is 1. The quantitative estimate of drug-likeness (QED) is 0.387. The highest BCUT2D eigenvalue weighted by molar-refractivity contribution is 9.08. The van der Waals surface area contributed by atoms with Crippen LogP contribution >= 0.6 is 15.9 Å². The highest BCUT2D eigenvalue weighted by Crippen LogP contribution is 2.20. The van der Waals surface area contributed by atoms with Crippen LogP contribution in [0.3, 0.4) is 0 Å². The number of amides is 1. The van der Waals surface area contributed by atoms with E-state index in [-0.39, 0.29) is 17.4 Å². The third-order valence-corrected chi connectivity index (χ3v) is 4.96. The molecule has 1 aromatic heterocycles. The number of carbonyl (C=O) groups is 1. The molecule has 6 nitrogen and oxygen atoms in total. The van der Waals surface area contributed by atoms with E-state index in [9.17, 15) is 9.59 Å². The number of H-pyrrole nitrogens is 1. The Morgan fingerprint density at radius 2 is 1.93 bits per heavy atom. The Morgan fingerprint density at radius 3 is 2.68 bits per heavy atom. The van der Waals surface area contributed by atoms with Crippen LogP contribution in [0.15, 0.2) is 59.4 Å². The fourth-order valence-corrected chi connectivity index (χ4v) is 3.30. The van der Waals surface area contributed by atoms with Crippen LogP contribution in [0.4, 0.5) is 5.95 Å². The van der Waals surface area contributed by atoms with Crippen LogP contribution in [0.25, 0.3) is 11.3 Å². The summed E-state index contributed by atoms with van der Waals surface area (Å²) < 4.78 is 0. The second kappa shape index (κ2) is 9.32. The lowest BCUT2D eigenvalue weighted by atomic mass is 10.0. The van der Waals surface area contributed by atoms with Gasteiger partial charge in [0.15, 0.2) is 0 Å². The van der Waals surface area contributed by atoms with Gasteiger partial charge >= 0.3 is 0 Å². The van der Waals surface area contributed by atoms with Crippen LogP contribution in [-0.4, -0.2) is 22.4 Å². The largest absolute Gasteiger partial charge is 0.369 e. The van der Waals surface area contributed by atoms with Crippen molar-refractivity contribution in [1.82, 2.24) is 15.3 Å². The lowest BCUT2D eigenvalue weighted by Gasteiger charge is -2.10. The Labute approximate surface area is 171 Å². The monoisotopic (exact) mass is 440 g/mol. The number of carbonyl (C=O) groups excluding carboxylic acids is 1. The van der Waals surface area contributed by atoms with Crippen molar-refractivity contribution in [1.29, 1.82) is 0 Å². The number of nitrogens with zero attached hydrogens (tertiary/aromatic N) is 1. The Hall–Kier alpha value is -2.93. The number of nitrogen functional groups attached to an aromatic ring is 1. The average molecular weight is 441 g/mol. The summed E-state index contributed by atoms with van der Waals surface area (Å²) in [5.41, 5.74) is 9.12. The molecular weight excluding hydrogens is 420 g/mol. The van der Waals surface area contributed by atoms with Gasteiger partial charge in [-0.25, -0.2) is 4.98 Å². The van der Waals surface area contributed by atoms with Crippen LogP contribution in [0.2, 0.25) is 0 Å². The van der Waals surface area contributed by atoms with Gasteiger partial charge in [0.05, 0.1) is 5.69 Å². The van der Waals surface area contributed by atoms with Gasteiger partial charge in [-0.3, -0.25) is 14.6 Å². The van der Waals surface area contributed by atoms with Crippen molar-refractivity contribution in [2.45, 2.75) is 18.2 Å². The summed E-state index contributed by atoms with van der Waals surface area (Å²) in [6.07, 6.45) is 1.09. The van der Waals surface area contributed by atoms with Gasteiger partial charge in [0.1, 0.15) is 0 Å². The molecule has 0 saturated heterocycles. The topological polar surface area (TPSA) is 101 Å². The normalized spacial score (nSPS) is 10.6. The molecule has 0 aliphatic heterocycles. The number of benzene rings is 2. The lowest BCUT2D eigenvalue weighted by molar-refractivity contribution is 0.0953. The smallest absolute Gasteiger partial charge is 0.256 e. The first-order valence-electron chi connectivity index (χ1n) is 8.95. The van der Waals surface area contributed by atoms with Gasteiger partial charge in [-0.15, -0.1) is 0 Å². The molecule has 144 valence electrons. The second-order valence-corrected chi connectivity index (χ2v) is 6.90. The van der Waals surface area contributed by atoms with Crippen molar-refractivity contribution >= 4 is 27.8 Å². The SMILES string of the molecule is Nc1nc(-c2ccccc2)c(CCCNC(=O)c2cccc(CBr)c2)c(=O)[nH]1. The van der Waals surface area contributed by atoms with E-state index in [0.29, 0.717) is 41.5 Å². The van der Waals surface area contributed by atoms with Crippen molar-refractivity contribution in [3.63, 3.8) is 0 Å². The maximum atomic E-state index is 12.4. The molecule has 28 heavy (non-hydrogen) atoms. The van der Waals surface area contributed by atoms with Crippen LogP contribution < -0.4 is 16.6 Å². The Kier molecular flexibility index (Phi) is 6.60. The first-order chi connectivity index (χ1) is 13.6. The second-order valence-electron chi connectivity index (χ2n) is 6.34. The van der Waals surface area contributed by atoms with E-state index in [2.05, 4.69) is 31.2 Å². The maximum Gasteiger partial charge on any atom is 0.256 e. The molecule has 0 atom stereocenters. The van der Waals surface area contributed by atoms with E-state index in [1.165, 1.54) is 0 Å². The van der Waals surface area contributed by atoms with Crippen LogP contribution in [0.5, 0.6) is 0 Å². The molecule has 4 N–H and O–H groups in total. The molecule has 0 radical (unpaired) electrons. The van der Waals surface area contributed by atoms with Gasteiger partial charge in [-0.2, -0.15) is 0 Å². The van der Waals surface area contributed by atoms with Gasteiger partial charge in [-0.1, -0.05) is 58.4 Å². The molecule has 0 aliphatic carbocycles. The van der Waals surface area contributed by atoms with Crippen molar-refractivity contribution in [2.75, 3.05) is 12.3 Å². The molecule has 7 heteroatoms. The molecule has 3 aromatic rings. The Morgan fingerprint density at radius 1 is 1.14 bits per heavy atom. The highest BCUT2D eigenvalue weighted by Gasteiger charge is 2.13. The van der Waals surface area contributed by atoms with E-state index in [1.54, 1.807) is 6.07 Å². The summed E-state index contributed by atoms with van der Waals surface area (Å²) in [5, 5.41) is 3.60. The average Bonchev–Trinajstić information content (AvgIpc) is 2.72. The minimum absolute atomic E-state index is 0.0904. The van der Waals surface area contributed by atoms with E-state index in [0.717, 1.165) is 11.1 Å². The van der Waals surface area contributed by atoms with Crippen molar-refractivity contribution in [3.05, 3.63) is 81.6 Å². The number of alkyl halides is 1. The molecule has 0 unspecified atom stereocenters. The molecule has 0 fully saturated rings. The zero-order valence-electron chi connectivity index (χ0n) is 15.2. The summed E-state index contributed by atoms with van der Waals surface area (Å²) in [7, 11) is 0. The van der Waals surface area contributed by atoms with Crippen molar-refractivity contribution in [3.8, 4) is 11.3 Å². The first kappa shape index (κ1) is 19.8. The Bertz CT molecular complexity index is 1020. The predicted molar refractivity (Wildman–Crippen MR) is 114 cm³/mol. The van der Waals surface area contributed by atoms with Crippen LogP contribution in [0, 0.1) is 0 Å². The number of hydrogen-bond donors (Lipinski definition) is 3. The van der Waals surface area contributed by atoms with E-state index in [4.69, 9.17) is 5.73 Å². The summed E-state index contributed by atoms with van der Waals surface area (Å²) in [6.45, 7) is 0.454. The molecule has 0 bridgehead atoms. The highest BCUT2D eigenvalue weighted by atomic mass is 79.9. The predicted octanol–water partition coefficient (Wildman–Crippen LogP) is 3.28. The lowest BCUT2D eigenvalue weighted by Crippen LogP contribution is -2.26. The first-order valence-corrected chi connectivity index (χ1v) is 10.1. The zero-order chi connectivity index (χ0) is 19.9. The Balaban J connectivity index is 1.66.